The summed E-state index contributed by atoms with van der Waals surface area (Å²) in [4.78, 5) is 16.6. The molecule has 0 spiro atoms. The Hall–Kier alpha value is -2.86. The molecule has 7 heteroatoms. The van der Waals surface area contributed by atoms with Crippen LogP contribution in [0.25, 0.3) is 11.4 Å². The van der Waals surface area contributed by atoms with E-state index in [0.29, 0.717) is 33.6 Å². The van der Waals surface area contributed by atoms with Gasteiger partial charge in [-0.25, -0.2) is 0 Å². The quantitative estimate of drug-likeness (QED) is 0.749. The van der Waals surface area contributed by atoms with Crippen LogP contribution < -0.4 is 10.1 Å². The van der Waals surface area contributed by atoms with Crippen molar-refractivity contribution in [2.45, 2.75) is 13.0 Å². The first kappa shape index (κ1) is 17.0. The molecular weight excluding hydrogens is 342 g/mol. The van der Waals surface area contributed by atoms with Gasteiger partial charge in [0.05, 0.1) is 12.1 Å². The lowest BCUT2D eigenvalue weighted by atomic mass is 10.2. The fourth-order valence-electron chi connectivity index (χ4n) is 2.25. The van der Waals surface area contributed by atoms with E-state index in [0.717, 1.165) is 0 Å². The number of halogens is 1. The second-order valence-electron chi connectivity index (χ2n) is 5.36. The summed E-state index contributed by atoms with van der Waals surface area (Å²) in [6.45, 7) is 1.77. The smallest absolute Gasteiger partial charge is 0.251 e. The van der Waals surface area contributed by atoms with Crippen LogP contribution >= 0.6 is 11.6 Å². The van der Waals surface area contributed by atoms with Crippen LogP contribution in [0.4, 0.5) is 0 Å². The number of nitrogens with zero attached hydrogens (tertiary/aromatic N) is 2. The van der Waals surface area contributed by atoms with Gasteiger partial charge in [0, 0.05) is 11.1 Å². The van der Waals surface area contributed by atoms with Gasteiger partial charge in [-0.3, -0.25) is 4.79 Å². The van der Waals surface area contributed by atoms with E-state index in [1.807, 2.05) is 12.1 Å². The summed E-state index contributed by atoms with van der Waals surface area (Å²) in [5, 5.41) is 7.29. The molecule has 1 aromatic heterocycles. The molecule has 1 atom stereocenters. The third-order valence-electron chi connectivity index (χ3n) is 3.63. The van der Waals surface area contributed by atoms with Crippen LogP contribution in [0.3, 0.4) is 0 Å². The highest BCUT2D eigenvalue weighted by Crippen LogP contribution is 2.26. The van der Waals surface area contributed by atoms with Crippen LogP contribution in [0.1, 0.15) is 29.2 Å². The van der Waals surface area contributed by atoms with Gasteiger partial charge in [0.25, 0.3) is 5.91 Å². The summed E-state index contributed by atoms with van der Waals surface area (Å²) >= 11 is 6.14. The molecule has 0 unspecified atom stereocenters. The van der Waals surface area contributed by atoms with Gasteiger partial charge in [0.1, 0.15) is 11.8 Å². The van der Waals surface area contributed by atoms with E-state index in [1.165, 1.54) is 0 Å². The molecule has 0 aliphatic carbocycles. The summed E-state index contributed by atoms with van der Waals surface area (Å²) in [6, 6.07) is 13.6. The lowest BCUT2D eigenvalue weighted by Gasteiger charge is -2.10. The number of hydrogen-bond acceptors (Lipinski definition) is 5. The molecular formula is C18H16ClN3O3. The summed E-state index contributed by atoms with van der Waals surface area (Å²) in [6.07, 6.45) is 0. The first-order valence-electron chi connectivity index (χ1n) is 7.62. The van der Waals surface area contributed by atoms with Crippen molar-refractivity contribution in [2.75, 3.05) is 7.11 Å². The molecule has 0 aliphatic heterocycles. The summed E-state index contributed by atoms with van der Waals surface area (Å²) in [5.41, 5.74) is 1.19. The number of hydrogen-bond donors (Lipinski definition) is 1. The molecule has 0 fully saturated rings. The van der Waals surface area contributed by atoms with E-state index in [1.54, 1.807) is 50.4 Å². The Morgan fingerprint density at radius 3 is 2.60 bits per heavy atom. The van der Waals surface area contributed by atoms with Gasteiger partial charge in [0.2, 0.25) is 11.7 Å². The average Bonchev–Trinajstić information content (AvgIpc) is 3.12. The molecule has 0 bridgehead atoms. The molecule has 6 nitrogen and oxygen atoms in total. The molecule has 1 heterocycles. The Labute approximate surface area is 149 Å². The van der Waals surface area contributed by atoms with Gasteiger partial charge < -0.3 is 14.6 Å². The minimum atomic E-state index is -0.446. The van der Waals surface area contributed by atoms with Crippen molar-refractivity contribution < 1.29 is 14.1 Å². The van der Waals surface area contributed by atoms with E-state index >= 15 is 0 Å². The third kappa shape index (κ3) is 3.80. The fourth-order valence-corrected chi connectivity index (χ4v) is 2.47. The van der Waals surface area contributed by atoms with E-state index in [2.05, 4.69) is 15.5 Å². The second-order valence-corrected chi connectivity index (χ2v) is 5.77. The Kier molecular flexibility index (Phi) is 5.00. The Morgan fingerprint density at radius 1 is 1.20 bits per heavy atom. The molecule has 1 N–H and O–H groups in total. The largest absolute Gasteiger partial charge is 0.497 e. The van der Waals surface area contributed by atoms with Crippen molar-refractivity contribution >= 4 is 17.5 Å². The minimum absolute atomic E-state index is 0.243. The third-order valence-corrected chi connectivity index (χ3v) is 3.96. The zero-order valence-corrected chi connectivity index (χ0v) is 14.4. The number of aromatic nitrogens is 2. The van der Waals surface area contributed by atoms with E-state index in [9.17, 15) is 4.79 Å². The Bertz CT molecular complexity index is 877. The van der Waals surface area contributed by atoms with Crippen LogP contribution in [0.2, 0.25) is 5.02 Å². The normalized spacial score (nSPS) is 11.8. The van der Waals surface area contributed by atoms with Gasteiger partial charge in [-0.05, 0) is 43.3 Å². The number of ether oxygens (including phenoxy) is 1. The molecule has 0 saturated heterocycles. The zero-order chi connectivity index (χ0) is 17.8. The van der Waals surface area contributed by atoms with Gasteiger partial charge in [0.15, 0.2) is 0 Å². The predicted octanol–water partition coefficient (Wildman–Crippen LogP) is 3.89. The average molecular weight is 358 g/mol. The lowest BCUT2D eigenvalue weighted by molar-refractivity contribution is 0.0932. The van der Waals surface area contributed by atoms with Crippen LogP contribution in [-0.2, 0) is 0 Å². The first-order chi connectivity index (χ1) is 12.1. The molecule has 25 heavy (non-hydrogen) atoms. The molecule has 3 rings (SSSR count). The van der Waals surface area contributed by atoms with Crippen LogP contribution in [-0.4, -0.2) is 23.2 Å². The maximum Gasteiger partial charge on any atom is 0.251 e. The van der Waals surface area contributed by atoms with Crippen molar-refractivity contribution in [2.24, 2.45) is 0 Å². The topological polar surface area (TPSA) is 77.2 Å². The van der Waals surface area contributed by atoms with Gasteiger partial charge in [-0.1, -0.05) is 28.9 Å². The van der Waals surface area contributed by atoms with Crippen molar-refractivity contribution in [1.82, 2.24) is 15.5 Å². The highest BCUT2D eigenvalue weighted by Gasteiger charge is 2.19. The van der Waals surface area contributed by atoms with Crippen molar-refractivity contribution in [3.05, 3.63) is 65.0 Å². The Morgan fingerprint density at radius 2 is 1.92 bits per heavy atom. The fraction of sp³-hybridized carbons (Fsp3) is 0.167. The molecule has 2 aromatic carbocycles. The van der Waals surface area contributed by atoms with Crippen molar-refractivity contribution in [3.8, 4) is 17.1 Å². The number of amides is 1. The van der Waals surface area contributed by atoms with Crippen LogP contribution in [0, 0.1) is 0 Å². The van der Waals surface area contributed by atoms with E-state index in [-0.39, 0.29) is 5.91 Å². The highest BCUT2D eigenvalue weighted by molar-refractivity contribution is 6.33. The second kappa shape index (κ2) is 7.36. The highest BCUT2D eigenvalue weighted by atomic mass is 35.5. The summed E-state index contributed by atoms with van der Waals surface area (Å²) in [7, 11) is 1.57. The number of carbonyl (C=O) groups excluding carboxylic acids is 1. The number of benzene rings is 2. The number of carbonyl (C=O) groups is 1. The molecule has 0 saturated carbocycles. The monoisotopic (exact) mass is 357 g/mol. The summed E-state index contributed by atoms with van der Waals surface area (Å²) < 4.78 is 10.3. The zero-order valence-electron chi connectivity index (χ0n) is 13.7. The van der Waals surface area contributed by atoms with Crippen LogP contribution in [0.5, 0.6) is 5.75 Å². The van der Waals surface area contributed by atoms with Crippen molar-refractivity contribution in [1.29, 1.82) is 0 Å². The standard InChI is InChI=1S/C18H16ClN3O3/c1-11(20-17(23)12-7-9-13(24-2)10-8-12)18-21-16(22-25-18)14-5-3-4-6-15(14)19/h3-11H,1-2H3,(H,20,23)/t11-/m1/s1. The molecule has 1 amide bonds. The van der Waals surface area contributed by atoms with Crippen LogP contribution in [0.15, 0.2) is 53.1 Å². The number of rotatable bonds is 5. The van der Waals surface area contributed by atoms with E-state index in [4.69, 9.17) is 20.9 Å². The summed E-state index contributed by atoms with van der Waals surface area (Å²) in [5.74, 6) is 1.13. The number of nitrogens with one attached hydrogen (secondary N) is 1. The maximum atomic E-state index is 12.3. The number of methoxy groups -OCH3 is 1. The molecule has 0 radical (unpaired) electrons. The SMILES string of the molecule is COc1ccc(C(=O)N[C@H](C)c2nc(-c3ccccc3Cl)no2)cc1. The maximum absolute atomic E-state index is 12.3. The molecule has 128 valence electrons. The van der Waals surface area contributed by atoms with Gasteiger partial charge >= 0.3 is 0 Å². The minimum Gasteiger partial charge on any atom is -0.497 e. The molecule has 0 aliphatic rings. The lowest BCUT2D eigenvalue weighted by Crippen LogP contribution is -2.26. The molecule has 3 aromatic rings. The van der Waals surface area contributed by atoms with Crippen molar-refractivity contribution in [3.63, 3.8) is 0 Å². The predicted molar refractivity (Wildman–Crippen MR) is 93.6 cm³/mol. The Balaban J connectivity index is 1.72. The first-order valence-corrected chi connectivity index (χ1v) is 7.99. The van der Waals surface area contributed by atoms with Gasteiger partial charge in [-0.15, -0.1) is 0 Å². The van der Waals surface area contributed by atoms with Gasteiger partial charge in [-0.2, -0.15) is 4.98 Å². The van der Waals surface area contributed by atoms with E-state index < -0.39 is 6.04 Å².